The molecule has 670 valence electrons. The molecule has 9 heteroatoms. The summed E-state index contributed by atoms with van der Waals surface area (Å²) in [5.41, 5.74) is 17.8. The summed E-state index contributed by atoms with van der Waals surface area (Å²) in [7, 11) is 0. The number of hydrogen-bond acceptors (Lipinski definition) is 9. The summed E-state index contributed by atoms with van der Waals surface area (Å²) in [6.07, 6.45) is 0. The van der Waals surface area contributed by atoms with Crippen LogP contribution in [0.2, 0.25) is 0 Å². The molecule has 28 aromatic rings. The van der Waals surface area contributed by atoms with Crippen molar-refractivity contribution in [1.82, 2.24) is 44.9 Å². The molecule has 0 atom stereocenters. The van der Waals surface area contributed by atoms with E-state index in [-0.39, 0.29) is 0 Å². The number of rotatable bonds is 13. The highest BCUT2D eigenvalue weighted by Gasteiger charge is 2.25. The third kappa shape index (κ3) is 16.1. The first-order chi connectivity index (χ1) is 71.3. The fourth-order valence-corrected chi connectivity index (χ4v) is 20.8. The van der Waals surface area contributed by atoms with Gasteiger partial charge in [0, 0.05) is 55.6 Å². The van der Waals surface area contributed by atoms with E-state index in [0.29, 0.717) is 52.4 Å². The van der Waals surface area contributed by atoms with Gasteiger partial charge >= 0.3 is 0 Å². The number of aromatic nitrogens is 9. The predicted molar refractivity (Wildman–Crippen MR) is 600 cm³/mol. The van der Waals surface area contributed by atoms with Crippen molar-refractivity contribution in [3.63, 3.8) is 0 Å². The summed E-state index contributed by atoms with van der Waals surface area (Å²) >= 11 is 0. The zero-order valence-electron chi connectivity index (χ0n) is 78.1. The van der Waals surface area contributed by atoms with E-state index in [1.165, 1.54) is 108 Å². The lowest BCUT2D eigenvalue weighted by Gasteiger charge is -2.18. The molecule has 0 aliphatic heterocycles. The Kier molecular flexibility index (Phi) is 21.8. The van der Waals surface area contributed by atoms with Crippen LogP contribution in [0.1, 0.15) is 0 Å². The Balaban J connectivity index is 0.000000111. The van der Waals surface area contributed by atoms with Crippen LogP contribution in [0.5, 0.6) is 0 Å². The van der Waals surface area contributed by atoms with Gasteiger partial charge in [-0.3, -0.25) is 0 Å². The van der Waals surface area contributed by atoms with E-state index in [2.05, 4.69) is 461 Å². The van der Waals surface area contributed by atoms with Gasteiger partial charge < -0.3 is 0 Å². The maximum Gasteiger partial charge on any atom is 0.164 e. The van der Waals surface area contributed by atoms with Crippen molar-refractivity contribution in [3.8, 4) is 147 Å². The van der Waals surface area contributed by atoms with Gasteiger partial charge in [-0.05, 0) is 217 Å². The van der Waals surface area contributed by atoms with E-state index in [1.54, 1.807) is 0 Å². The first-order valence-electron chi connectivity index (χ1n) is 48.7. The van der Waals surface area contributed by atoms with Crippen molar-refractivity contribution in [2.75, 3.05) is 0 Å². The third-order valence-corrected chi connectivity index (χ3v) is 27.9. The molecule has 144 heavy (non-hydrogen) atoms. The van der Waals surface area contributed by atoms with Gasteiger partial charge in [-0.25, -0.2) is 44.9 Å². The molecule has 3 aromatic heterocycles. The van der Waals surface area contributed by atoms with Gasteiger partial charge in [0.25, 0.3) is 0 Å². The largest absolute Gasteiger partial charge is 0.208 e. The predicted octanol–water partition coefficient (Wildman–Crippen LogP) is 35.1. The Hall–Kier alpha value is -19.4. The second-order valence-electron chi connectivity index (χ2n) is 36.5. The van der Waals surface area contributed by atoms with Gasteiger partial charge in [0.15, 0.2) is 52.4 Å². The minimum atomic E-state index is 0.637. The molecule has 0 bridgehead atoms. The van der Waals surface area contributed by atoms with Crippen molar-refractivity contribution in [2.24, 2.45) is 0 Å². The molecule has 25 aromatic carbocycles. The Labute approximate surface area is 830 Å². The Morgan fingerprint density at radius 3 is 0.819 bits per heavy atom. The summed E-state index contributed by atoms with van der Waals surface area (Å²) in [4.78, 5) is 46.4. The van der Waals surface area contributed by atoms with E-state index in [4.69, 9.17) is 44.9 Å². The van der Waals surface area contributed by atoms with Crippen LogP contribution in [-0.4, -0.2) is 44.9 Å². The standard InChI is InChI=1S/C51H31N3.C45H29N3.C39H25N3/c1-2-13-35-29-38(24-21-32(35)11-1)49-52-50(54-51(53-49)48-31-36-14-4-6-16-40(36)42-18-8-9-19-43(42)48)46-20-10-7-17-41(46)37-23-22-34-26-27-44-39-15-5-3-12-33(39)25-28-45(44)47(34)30-37;1-3-15-31(16-4-1)42-39(41-29-34-20-9-10-21-36(34)37-22-11-12-23-38(37)41)24-13-25-40(42)45-47-43(32-17-5-2-6-18-32)46-44(48-45)35-27-26-30-14-7-8-19-33(30)28-35;1-3-11-26(12-4-1)28-19-20-30-24-32(22-21-29(30)23-28)38-40-37(27-13-5-2-6-14-27)41-39(42-38)36-25-31-15-7-8-16-33(31)34-17-9-10-18-35(34)36/h1-31H;1-29H;1-25H. The van der Waals surface area contributed by atoms with Gasteiger partial charge in [0.1, 0.15) is 0 Å². The molecule has 0 spiro atoms. The second-order valence-corrected chi connectivity index (χ2v) is 36.5. The van der Waals surface area contributed by atoms with Crippen molar-refractivity contribution in [3.05, 3.63) is 516 Å². The summed E-state index contributed by atoms with van der Waals surface area (Å²) in [6.45, 7) is 0. The minimum absolute atomic E-state index is 0.637. The van der Waals surface area contributed by atoms with Crippen molar-refractivity contribution < 1.29 is 0 Å². The topological polar surface area (TPSA) is 116 Å². The van der Waals surface area contributed by atoms with Crippen molar-refractivity contribution in [1.29, 1.82) is 0 Å². The molecule has 0 N–H and O–H groups in total. The lowest BCUT2D eigenvalue weighted by molar-refractivity contribution is 1.07. The summed E-state index contributed by atoms with van der Waals surface area (Å²) in [5.74, 6) is 5.84. The van der Waals surface area contributed by atoms with Crippen LogP contribution in [0.25, 0.3) is 276 Å². The van der Waals surface area contributed by atoms with Crippen LogP contribution in [-0.2, 0) is 0 Å². The maximum atomic E-state index is 5.33. The average Bonchev–Trinajstić information content (AvgIpc) is 0.747. The molecular weight excluding hydrogens is 1750 g/mol. The third-order valence-electron chi connectivity index (χ3n) is 27.9. The van der Waals surface area contributed by atoms with Crippen LogP contribution in [0.3, 0.4) is 0 Å². The van der Waals surface area contributed by atoms with Gasteiger partial charge in [-0.2, -0.15) is 0 Å². The first kappa shape index (κ1) is 85.1. The lowest BCUT2D eigenvalue weighted by Crippen LogP contribution is -2.02. The Bertz CT molecular complexity index is 9930. The van der Waals surface area contributed by atoms with Crippen LogP contribution < -0.4 is 0 Å². The quantitative estimate of drug-likeness (QED) is 0.104. The van der Waals surface area contributed by atoms with E-state index < -0.39 is 0 Å². The molecule has 9 nitrogen and oxygen atoms in total. The van der Waals surface area contributed by atoms with Crippen molar-refractivity contribution in [2.45, 2.75) is 0 Å². The van der Waals surface area contributed by atoms with Gasteiger partial charge in [0.05, 0.1) is 0 Å². The van der Waals surface area contributed by atoms with E-state index in [9.17, 15) is 0 Å². The van der Waals surface area contributed by atoms with E-state index in [1.807, 2.05) is 54.6 Å². The molecule has 0 amide bonds. The monoisotopic (exact) mass is 1830 g/mol. The maximum absolute atomic E-state index is 5.33. The molecule has 3 heterocycles. The normalized spacial score (nSPS) is 11.5. The van der Waals surface area contributed by atoms with E-state index >= 15 is 0 Å². The molecule has 0 aliphatic rings. The molecule has 0 fully saturated rings. The number of benzene rings is 25. The van der Waals surface area contributed by atoms with E-state index in [0.717, 1.165) is 116 Å². The Morgan fingerprint density at radius 1 is 0.0903 bits per heavy atom. The van der Waals surface area contributed by atoms with Gasteiger partial charge in [-0.1, -0.05) is 467 Å². The summed E-state index contributed by atoms with van der Waals surface area (Å²) in [6, 6.07) is 182. The molecule has 0 aliphatic carbocycles. The first-order valence-corrected chi connectivity index (χ1v) is 48.7. The highest BCUT2D eigenvalue weighted by atomic mass is 15.1. The fourth-order valence-electron chi connectivity index (χ4n) is 20.8. The smallest absolute Gasteiger partial charge is 0.164 e. The summed E-state index contributed by atoms with van der Waals surface area (Å²) in [5, 5.41) is 28.7. The zero-order chi connectivity index (χ0) is 95.3. The molecule has 0 saturated heterocycles. The Morgan fingerprint density at radius 2 is 0.347 bits per heavy atom. The van der Waals surface area contributed by atoms with Crippen LogP contribution in [0.15, 0.2) is 516 Å². The summed E-state index contributed by atoms with van der Waals surface area (Å²) < 4.78 is 0. The molecular formula is C135H85N9. The SMILES string of the molecule is c1ccc(-c2ccc3cc(-c4nc(-c5ccccc5)nc(-c5cc6ccccc6c6ccccc56)n4)ccc3c2)cc1.c1ccc(-c2nc(-c3ccc4ccccc4c3)nc(-c3cc4ccccc4c4ccccc34)n2)c(-c2ccc3ccc4c5ccccc5ccc4c3c2)c1.c1ccc(-c2nc(-c3ccc4ccccc4c3)nc(-c3cccc(-c4cc5ccccc5c5ccccc45)c3-c3ccccc3)n2)cc1. The fraction of sp³-hybridized carbons (Fsp3) is 0. The molecule has 28 rings (SSSR count). The lowest BCUT2D eigenvalue weighted by atomic mass is 9.86. The average molecular weight is 1830 g/mol. The number of fused-ring (bicyclic) bond motifs is 17. The second kappa shape index (κ2) is 36.9. The van der Waals surface area contributed by atoms with Gasteiger partial charge in [0.2, 0.25) is 0 Å². The highest BCUT2D eigenvalue weighted by molar-refractivity contribution is 6.20. The number of nitrogens with zero attached hydrogens (tertiary/aromatic N) is 9. The minimum Gasteiger partial charge on any atom is -0.208 e. The molecule has 0 saturated carbocycles. The van der Waals surface area contributed by atoms with Crippen LogP contribution in [0.4, 0.5) is 0 Å². The molecule has 0 unspecified atom stereocenters. The van der Waals surface area contributed by atoms with Crippen LogP contribution >= 0.6 is 0 Å². The number of hydrogen-bond donors (Lipinski definition) is 0. The molecule has 0 radical (unpaired) electrons. The zero-order valence-corrected chi connectivity index (χ0v) is 78.1. The van der Waals surface area contributed by atoms with Gasteiger partial charge in [-0.15, -0.1) is 0 Å². The highest BCUT2D eigenvalue weighted by Crippen LogP contribution is 2.47. The van der Waals surface area contributed by atoms with Crippen LogP contribution in [0, 0.1) is 0 Å². The van der Waals surface area contributed by atoms with Crippen molar-refractivity contribution >= 4 is 129 Å².